The van der Waals surface area contributed by atoms with E-state index in [1.807, 2.05) is 11.9 Å². The minimum atomic E-state index is -4.28. The van der Waals surface area contributed by atoms with Crippen molar-refractivity contribution in [1.29, 1.82) is 0 Å². The molecule has 0 aliphatic rings. The molecule has 0 fully saturated rings. The summed E-state index contributed by atoms with van der Waals surface area (Å²) < 4.78 is 26.9. The lowest BCUT2D eigenvalue weighted by Gasteiger charge is -2.12. The van der Waals surface area contributed by atoms with E-state index >= 15 is 0 Å². The molecule has 10 heteroatoms. The summed E-state index contributed by atoms with van der Waals surface area (Å²) in [6, 6.07) is 6.00. The fourth-order valence-electron chi connectivity index (χ4n) is 1.90. The van der Waals surface area contributed by atoms with Crippen LogP contribution < -0.4 is 21.3 Å². The number of H-pyrrole nitrogens is 2. The molecule has 0 spiro atoms. The highest BCUT2D eigenvalue weighted by Gasteiger charge is 2.21. The highest BCUT2D eigenvalue weighted by atomic mass is 32.2. The fraction of sp³-hybridized carbons (Fsp3) is 0.214. The summed E-state index contributed by atoms with van der Waals surface area (Å²) in [7, 11) is -4.28. The number of carbonyl (C=O) groups is 1. The van der Waals surface area contributed by atoms with Gasteiger partial charge >= 0.3 is 5.69 Å². The quantitative estimate of drug-likeness (QED) is 0.579. The molecule has 2 aromatic rings. The first-order valence-electron chi connectivity index (χ1n) is 7.07. The van der Waals surface area contributed by atoms with E-state index < -0.39 is 32.1 Å². The minimum absolute atomic E-state index is 0.0247. The van der Waals surface area contributed by atoms with E-state index in [0.29, 0.717) is 6.54 Å². The monoisotopic (exact) mass is 352 g/mol. The van der Waals surface area contributed by atoms with Crippen molar-refractivity contribution >= 4 is 21.6 Å². The summed E-state index contributed by atoms with van der Waals surface area (Å²) in [6.07, 6.45) is 1.52. The SMILES string of the molecule is CCCNC(=O)c1ccccc1NS(=O)(=O)c1c[nH]c(=O)[nH]c1=O. The molecule has 128 valence electrons. The molecule has 4 N–H and O–H groups in total. The molecule has 1 aromatic heterocycles. The van der Waals surface area contributed by atoms with Crippen LogP contribution in [0.4, 0.5) is 5.69 Å². The van der Waals surface area contributed by atoms with Gasteiger partial charge in [-0.15, -0.1) is 0 Å². The van der Waals surface area contributed by atoms with E-state index in [-0.39, 0.29) is 11.3 Å². The van der Waals surface area contributed by atoms with Crippen molar-refractivity contribution < 1.29 is 13.2 Å². The molecule has 0 radical (unpaired) electrons. The van der Waals surface area contributed by atoms with Crippen molar-refractivity contribution in [2.75, 3.05) is 11.3 Å². The van der Waals surface area contributed by atoms with Gasteiger partial charge in [0.25, 0.3) is 21.5 Å². The summed E-state index contributed by atoms with van der Waals surface area (Å²) in [5, 5.41) is 2.64. The maximum Gasteiger partial charge on any atom is 0.325 e. The van der Waals surface area contributed by atoms with Gasteiger partial charge in [0.15, 0.2) is 4.90 Å². The predicted octanol–water partition coefficient (Wildman–Crippen LogP) is 0.00380. The summed E-state index contributed by atoms with van der Waals surface area (Å²) in [5.74, 6) is -0.439. The van der Waals surface area contributed by atoms with Gasteiger partial charge in [-0.1, -0.05) is 19.1 Å². The number of amides is 1. The molecule has 0 atom stereocenters. The maximum atomic E-state index is 12.3. The van der Waals surface area contributed by atoms with Crippen molar-refractivity contribution in [2.45, 2.75) is 18.2 Å². The zero-order valence-corrected chi connectivity index (χ0v) is 13.6. The summed E-state index contributed by atoms with van der Waals surface area (Å²) in [6.45, 7) is 2.33. The second-order valence-electron chi connectivity index (χ2n) is 4.84. The Morgan fingerprint density at radius 3 is 2.58 bits per heavy atom. The number of rotatable bonds is 6. The Morgan fingerprint density at radius 2 is 1.92 bits per heavy atom. The lowest BCUT2D eigenvalue weighted by molar-refractivity contribution is 0.0954. The number of sulfonamides is 1. The molecular formula is C14H16N4O5S. The van der Waals surface area contributed by atoms with E-state index in [1.165, 1.54) is 12.1 Å². The van der Waals surface area contributed by atoms with Gasteiger partial charge in [0, 0.05) is 12.7 Å². The highest BCUT2D eigenvalue weighted by Crippen LogP contribution is 2.18. The lowest BCUT2D eigenvalue weighted by Crippen LogP contribution is -2.30. The third-order valence-electron chi connectivity index (χ3n) is 3.03. The normalized spacial score (nSPS) is 11.0. The number of aromatic amines is 2. The number of anilines is 1. The average Bonchev–Trinajstić information content (AvgIpc) is 2.52. The molecule has 1 aromatic carbocycles. The topological polar surface area (TPSA) is 141 Å². The van der Waals surface area contributed by atoms with E-state index in [1.54, 1.807) is 12.1 Å². The van der Waals surface area contributed by atoms with Crippen molar-refractivity contribution in [2.24, 2.45) is 0 Å². The van der Waals surface area contributed by atoms with Crippen LogP contribution in [0.5, 0.6) is 0 Å². The molecule has 9 nitrogen and oxygen atoms in total. The van der Waals surface area contributed by atoms with Crippen molar-refractivity contribution in [3.63, 3.8) is 0 Å². The van der Waals surface area contributed by atoms with Gasteiger partial charge in [-0.25, -0.2) is 13.2 Å². The highest BCUT2D eigenvalue weighted by molar-refractivity contribution is 7.92. The van der Waals surface area contributed by atoms with E-state index in [9.17, 15) is 22.8 Å². The number of aromatic nitrogens is 2. The zero-order chi connectivity index (χ0) is 17.7. The molecule has 1 amide bonds. The molecule has 0 aliphatic heterocycles. The Morgan fingerprint density at radius 1 is 1.21 bits per heavy atom. The van der Waals surface area contributed by atoms with E-state index in [2.05, 4.69) is 15.0 Å². The van der Waals surface area contributed by atoms with Crippen LogP contribution in [0, 0.1) is 0 Å². The Labute approximate surface area is 137 Å². The molecule has 24 heavy (non-hydrogen) atoms. The van der Waals surface area contributed by atoms with E-state index in [4.69, 9.17) is 0 Å². The van der Waals surface area contributed by atoms with E-state index in [0.717, 1.165) is 12.6 Å². The molecule has 0 aliphatic carbocycles. The fourth-order valence-corrected chi connectivity index (χ4v) is 2.99. The van der Waals surface area contributed by atoms with Gasteiger partial charge in [-0.05, 0) is 18.6 Å². The average molecular weight is 352 g/mol. The summed E-state index contributed by atoms with van der Waals surface area (Å²) in [5.41, 5.74) is -1.73. The number of benzene rings is 1. The predicted molar refractivity (Wildman–Crippen MR) is 87.6 cm³/mol. The van der Waals surface area contributed by atoms with Crippen LogP contribution in [0.25, 0.3) is 0 Å². The van der Waals surface area contributed by atoms with Crippen LogP contribution in [0.3, 0.4) is 0 Å². The van der Waals surface area contributed by atoms with Gasteiger partial charge in [0.05, 0.1) is 11.3 Å². The Kier molecular flexibility index (Phi) is 5.19. The second-order valence-corrected chi connectivity index (χ2v) is 6.49. The third-order valence-corrected chi connectivity index (χ3v) is 4.40. The molecule has 0 saturated heterocycles. The van der Waals surface area contributed by atoms with Crippen LogP contribution in [-0.2, 0) is 10.0 Å². The van der Waals surface area contributed by atoms with Crippen molar-refractivity contribution in [3.8, 4) is 0 Å². The molecule has 0 saturated carbocycles. The second kappa shape index (κ2) is 7.13. The molecule has 0 bridgehead atoms. The van der Waals surface area contributed by atoms with Crippen molar-refractivity contribution in [3.05, 3.63) is 56.9 Å². The number of hydrogen-bond acceptors (Lipinski definition) is 5. The maximum absolute atomic E-state index is 12.3. The molecule has 0 unspecified atom stereocenters. The smallest absolute Gasteiger partial charge is 0.325 e. The largest absolute Gasteiger partial charge is 0.352 e. The molecular weight excluding hydrogens is 336 g/mol. The van der Waals surface area contributed by atoms with Gasteiger partial charge < -0.3 is 10.3 Å². The number of para-hydroxylation sites is 1. The Balaban J connectivity index is 2.38. The third kappa shape index (κ3) is 3.90. The van der Waals surface area contributed by atoms with Crippen LogP contribution in [0.1, 0.15) is 23.7 Å². The van der Waals surface area contributed by atoms with Crippen LogP contribution >= 0.6 is 0 Å². The van der Waals surface area contributed by atoms with Crippen LogP contribution in [-0.4, -0.2) is 30.8 Å². The molecule has 1 heterocycles. The first kappa shape index (κ1) is 17.5. The summed E-state index contributed by atoms with van der Waals surface area (Å²) >= 11 is 0. The van der Waals surface area contributed by atoms with Gasteiger partial charge in [0.2, 0.25) is 0 Å². The van der Waals surface area contributed by atoms with Crippen LogP contribution in [0.15, 0.2) is 44.9 Å². The van der Waals surface area contributed by atoms with Crippen molar-refractivity contribution in [1.82, 2.24) is 15.3 Å². The van der Waals surface area contributed by atoms with Gasteiger partial charge in [0.1, 0.15) is 0 Å². The summed E-state index contributed by atoms with van der Waals surface area (Å²) in [4.78, 5) is 38.0. The lowest BCUT2D eigenvalue weighted by atomic mass is 10.1. The minimum Gasteiger partial charge on any atom is -0.352 e. The van der Waals surface area contributed by atoms with Crippen LogP contribution in [0.2, 0.25) is 0 Å². The van der Waals surface area contributed by atoms with Gasteiger partial charge in [-0.2, -0.15) is 0 Å². The first-order chi connectivity index (χ1) is 11.3. The number of hydrogen-bond donors (Lipinski definition) is 4. The first-order valence-corrected chi connectivity index (χ1v) is 8.55. The van der Waals surface area contributed by atoms with Gasteiger partial charge in [-0.3, -0.25) is 19.3 Å². The standard InChI is InChI=1S/C14H16N4O5S/c1-2-7-15-12(19)9-5-3-4-6-10(9)18-24(22,23)11-8-16-14(21)17-13(11)20/h3-6,8,18H,2,7H2,1H3,(H,15,19)(H2,16,17,20,21). The Hall–Kier alpha value is -2.88. The molecule has 2 rings (SSSR count). The Bertz CT molecular complexity index is 961. The number of nitrogens with one attached hydrogen (secondary N) is 4. The number of carbonyl (C=O) groups excluding carboxylic acids is 1. The zero-order valence-electron chi connectivity index (χ0n) is 12.8.